The first-order chi connectivity index (χ1) is 12.6. The average molecular weight is 354 g/mol. The fraction of sp³-hybridized carbons (Fsp3) is 0.364. The lowest BCUT2D eigenvalue weighted by molar-refractivity contribution is -0.109. The maximum Gasteiger partial charge on any atom is 0.206 e. The number of carbonyl (C=O) groups is 2. The molecule has 140 valence electrons. The molecule has 0 aliphatic carbocycles. The molecule has 4 heteroatoms. The van der Waals surface area contributed by atoms with E-state index < -0.39 is 0 Å². The van der Waals surface area contributed by atoms with Crippen molar-refractivity contribution in [1.29, 1.82) is 0 Å². The minimum Gasteiger partial charge on any atom is -0.362 e. The van der Waals surface area contributed by atoms with Crippen molar-refractivity contribution >= 4 is 12.7 Å². The number of likely N-dealkylation sites (N-methyl/N-ethyl adjacent to an activating group) is 1. The normalized spacial score (nSPS) is 9.85. The van der Waals surface area contributed by atoms with Gasteiger partial charge in [0.2, 0.25) is 6.41 Å². The van der Waals surface area contributed by atoms with Crippen molar-refractivity contribution in [3.05, 3.63) is 69.8 Å². The van der Waals surface area contributed by atoms with Gasteiger partial charge in [0.15, 0.2) is 0 Å². The number of nitrogens with one attached hydrogen (secondary N) is 2. The van der Waals surface area contributed by atoms with Gasteiger partial charge in [-0.1, -0.05) is 42.8 Å². The molecule has 26 heavy (non-hydrogen) atoms. The third-order valence-electron chi connectivity index (χ3n) is 4.25. The molecule has 0 aliphatic heterocycles. The summed E-state index contributed by atoms with van der Waals surface area (Å²) in [6, 6.07) is 12.9. The van der Waals surface area contributed by atoms with Crippen LogP contribution in [-0.2, 0) is 24.1 Å². The van der Waals surface area contributed by atoms with Crippen LogP contribution in [0.25, 0.3) is 0 Å². The molecule has 0 atom stereocenters. The van der Waals surface area contributed by atoms with Crippen LogP contribution < -0.4 is 10.6 Å². The topological polar surface area (TPSA) is 58.2 Å². The molecule has 4 nitrogen and oxygen atoms in total. The highest BCUT2D eigenvalue weighted by Crippen LogP contribution is 2.21. The molecule has 2 N–H and O–H groups in total. The van der Waals surface area contributed by atoms with Gasteiger partial charge >= 0.3 is 0 Å². The van der Waals surface area contributed by atoms with Gasteiger partial charge in [-0.15, -0.1) is 0 Å². The average Bonchev–Trinajstić information content (AvgIpc) is 2.68. The highest BCUT2D eigenvalue weighted by Gasteiger charge is 2.09. The number of hydrogen-bond acceptors (Lipinski definition) is 3. The number of benzene rings is 2. The van der Waals surface area contributed by atoms with E-state index >= 15 is 0 Å². The fourth-order valence-corrected chi connectivity index (χ4v) is 2.76. The van der Waals surface area contributed by atoms with Crippen molar-refractivity contribution in [1.82, 2.24) is 10.6 Å². The van der Waals surface area contributed by atoms with Crippen LogP contribution in [0.5, 0.6) is 0 Å². The van der Waals surface area contributed by atoms with Crippen LogP contribution in [0.15, 0.2) is 36.4 Å². The molecule has 0 heterocycles. The van der Waals surface area contributed by atoms with E-state index in [9.17, 15) is 4.79 Å². The first-order valence-corrected chi connectivity index (χ1v) is 9.00. The van der Waals surface area contributed by atoms with E-state index in [2.05, 4.69) is 60.9 Å². The first kappa shape index (κ1) is 21.6. The van der Waals surface area contributed by atoms with Crippen LogP contribution in [0.1, 0.15) is 45.1 Å². The van der Waals surface area contributed by atoms with E-state index in [0.29, 0.717) is 6.41 Å². The van der Waals surface area contributed by atoms with Gasteiger partial charge in [0, 0.05) is 12.6 Å². The van der Waals surface area contributed by atoms with Crippen LogP contribution in [0, 0.1) is 6.92 Å². The first-order valence-electron chi connectivity index (χ1n) is 9.00. The van der Waals surface area contributed by atoms with Gasteiger partial charge in [-0.3, -0.25) is 9.59 Å². The zero-order chi connectivity index (χ0) is 19.4. The van der Waals surface area contributed by atoms with Gasteiger partial charge in [-0.2, -0.15) is 0 Å². The molecule has 2 aromatic rings. The lowest BCUT2D eigenvalue weighted by atomic mass is 9.92. The Bertz CT molecular complexity index is 694. The quantitative estimate of drug-likeness (QED) is 0.716. The number of carbonyl (C=O) groups excluding carboxylic acids is 2. The number of amides is 1. The Hall–Kier alpha value is -2.46. The van der Waals surface area contributed by atoms with Crippen molar-refractivity contribution in [2.75, 3.05) is 20.6 Å². The smallest absolute Gasteiger partial charge is 0.206 e. The van der Waals surface area contributed by atoms with Gasteiger partial charge in [-0.25, -0.2) is 0 Å². The standard InChI is InChI=1S/C20H25NO.C2H5NO/c1-4-17-12-18(9-10-21-3)20(14-22)13-19(17)11-16-7-5-15(2)6-8-16;1-3-2-4/h5-8,12-14,21H,4,9-11H2,1-3H3;2H,1H3,(H,3,4). The van der Waals surface area contributed by atoms with Crippen LogP contribution in [0.2, 0.25) is 0 Å². The molecule has 2 rings (SSSR count). The molecule has 0 saturated carbocycles. The molecule has 0 bridgehead atoms. The Balaban J connectivity index is 0.000000765. The van der Waals surface area contributed by atoms with Gasteiger partial charge in [0.05, 0.1) is 0 Å². The van der Waals surface area contributed by atoms with E-state index in [1.807, 2.05) is 7.05 Å². The monoisotopic (exact) mass is 354 g/mol. The highest BCUT2D eigenvalue weighted by atomic mass is 16.1. The molecule has 0 radical (unpaired) electrons. The second-order valence-electron chi connectivity index (χ2n) is 6.21. The largest absolute Gasteiger partial charge is 0.362 e. The van der Waals surface area contributed by atoms with Crippen LogP contribution in [0.3, 0.4) is 0 Å². The zero-order valence-corrected chi connectivity index (χ0v) is 16.3. The Morgan fingerprint density at radius 2 is 1.62 bits per heavy atom. The summed E-state index contributed by atoms with van der Waals surface area (Å²) in [6.07, 6.45) is 4.38. The van der Waals surface area contributed by atoms with E-state index in [0.717, 1.165) is 43.2 Å². The van der Waals surface area contributed by atoms with Crippen molar-refractivity contribution < 1.29 is 9.59 Å². The third-order valence-corrected chi connectivity index (χ3v) is 4.25. The minimum atomic E-state index is 0.625. The van der Waals surface area contributed by atoms with Gasteiger partial charge < -0.3 is 10.6 Å². The second kappa shape index (κ2) is 12.0. The molecular weight excluding hydrogens is 324 g/mol. The molecule has 1 amide bonds. The van der Waals surface area contributed by atoms with Crippen LogP contribution in [-0.4, -0.2) is 33.3 Å². The summed E-state index contributed by atoms with van der Waals surface area (Å²) in [5.74, 6) is 0. The molecule has 0 fully saturated rings. The summed E-state index contributed by atoms with van der Waals surface area (Å²) in [7, 11) is 3.50. The van der Waals surface area contributed by atoms with Gasteiger partial charge in [0.1, 0.15) is 6.29 Å². The number of aryl methyl sites for hydroxylation is 2. The second-order valence-corrected chi connectivity index (χ2v) is 6.21. The Morgan fingerprint density at radius 1 is 0.962 bits per heavy atom. The van der Waals surface area contributed by atoms with Crippen molar-refractivity contribution in [3.8, 4) is 0 Å². The summed E-state index contributed by atoms with van der Waals surface area (Å²) in [4.78, 5) is 20.5. The lowest BCUT2D eigenvalue weighted by Crippen LogP contribution is -2.12. The zero-order valence-electron chi connectivity index (χ0n) is 16.3. The van der Waals surface area contributed by atoms with Crippen LogP contribution >= 0.6 is 0 Å². The Kier molecular flexibility index (Phi) is 9.95. The van der Waals surface area contributed by atoms with Crippen molar-refractivity contribution in [2.45, 2.75) is 33.1 Å². The summed E-state index contributed by atoms with van der Waals surface area (Å²) < 4.78 is 0. The molecule has 0 unspecified atom stereocenters. The number of rotatable bonds is 8. The molecule has 0 aliphatic rings. The van der Waals surface area contributed by atoms with E-state index in [1.165, 1.54) is 22.3 Å². The van der Waals surface area contributed by atoms with E-state index in [-0.39, 0.29) is 0 Å². The van der Waals surface area contributed by atoms with Crippen molar-refractivity contribution in [3.63, 3.8) is 0 Å². The summed E-state index contributed by atoms with van der Waals surface area (Å²) in [5, 5.41) is 5.40. The summed E-state index contributed by atoms with van der Waals surface area (Å²) in [6.45, 7) is 5.17. The fourth-order valence-electron chi connectivity index (χ4n) is 2.76. The Labute approximate surface area is 157 Å². The van der Waals surface area contributed by atoms with E-state index in [4.69, 9.17) is 4.79 Å². The number of aldehydes is 1. The van der Waals surface area contributed by atoms with Crippen molar-refractivity contribution in [2.24, 2.45) is 0 Å². The van der Waals surface area contributed by atoms with Gasteiger partial charge in [0.25, 0.3) is 0 Å². The maximum absolute atomic E-state index is 11.4. The molecule has 0 spiro atoms. The minimum absolute atomic E-state index is 0.625. The highest BCUT2D eigenvalue weighted by molar-refractivity contribution is 5.78. The van der Waals surface area contributed by atoms with E-state index in [1.54, 1.807) is 7.05 Å². The predicted octanol–water partition coefficient (Wildman–Crippen LogP) is 3.08. The van der Waals surface area contributed by atoms with Crippen LogP contribution in [0.4, 0.5) is 0 Å². The lowest BCUT2D eigenvalue weighted by Gasteiger charge is -2.14. The Morgan fingerprint density at radius 3 is 2.12 bits per heavy atom. The molecular formula is C22H30N2O2. The maximum atomic E-state index is 11.4. The predicted molar refractivity (Wildman–Crippen MR) is 108 cm³/mol. The molecule has 0 saturated heterocycles. The molecule has 0 aromatic heterocycles. The van der Waals surface area contributed by atoms with Gasteiger partial charge in [-0.05, 0) is 68.1 Å². The number of hydrogen-bond donors (Lipinski definition) is 2. The summed E-state index contributed by atoms with van der Waals surface area (Å²) in [5.41, 5.74) is 7.15. The SMILES string of the molecule is CCc1cc(CCNC)c(C=O)cc1Cc1ccc(C)cc1.CNC=O. The third kappa shape index (κ3) is 6.81. The molecule has 2 aromatic carbocycles. The summed E-state index contributed by atoms with van der Waals surface area (Å²) >= 11 is 0.